The Morgan fingerprint density at radius 3 is 2.00 bits per heavy atom. The molecule has 6 heteroatoms. The average Bonchev–Trinajstić information content (AvgIpc) is 3.07. The summed E-state index contributed by atoms with van der Waals surface area (Å²) in [4.78, 5) is 27.8. The summed E-state index contributed by atoms with van der Waals surface area (Å²) in [6.07, 6.45) is 2.28. The second-order valence-corrected chi connectivity index (χ2v) is 12.1. The molecule has 45 heavy (non-hydrogen) atoms. The van der Waals surface area contributed by atoms with E-state index in [-0.39, 0.29) is 5.91 Å². The average molecular weight is 615 g/mol. The number of aryl methyl sites for hydroxylation is 1. The van der Waals surface area contributed by atoms with Crippen LogP contribution in [0.25, 0.3) is 22.3 Å². The number of rotatable bonds is 13. The molecule has 0 radical (unpaired) electrons. The maximum absolute atomic E-state index is 13.6. The van der Waals surface area contributed by atoms with Crippen molar-refractivity contribution < 1.29 is 14.7 Å². The molecule has 0 aliphatic carbocycles. The van der Waals surface area contributed by atoms with Crippen LogP contribution in [0.4, 0.5) is 5.69 Å². The first-order chi connectivity index (χ1) is 21.9. The van der Waals surface area contributed by atoms with Gasteiger partial charge in [0.05, 0.1) is 0 Å². The van der Waals surface area contributed by atoms with Gasteiger partial charge in [-0.05, 0) is 88.6 Å². The van der Waals surface area contributed by atoms with E-state index in [0.717, 1.165) is 27.9 Å². The van der Waals surface area contributed by atoms with Crippen molar-refractivity contribution >= 4 is 29.3 Å². The molecule has 0 saturated carbocycles. The zero-order chi connectivity index (χ0) is 31.6. The summed E-state index contributed by atoms with van der Waals surface area (Å²) in [5.41, 5.74) is 8.95. The number of thioether (sulfide) groups is 1. The Labute approximate surface area is 269 Å². The number of carboxylic acid groups (broad SMARTS) is 1. The van der Waals surface area contributed by atoms with Crippen LogP contribution in [0.3, 0.4) is 0 Å². The number of amides is 1. The SMILES string of the molecule is CSCC[C@H](NC(=O)c1ccc(CN(Cc2ccc(-c3ccccc3)cc2)c2ccccc2)cc1-c1ccccc1C)C(=O)O. The van der Waals surface area contributed by atoms with Gasteiger partial charge in [-0.25, -0.2) is 4.79 Å². The molecule has 2 N–H and O–H groups in total. The molecule has 0 unspecified atom stereocenters. The van der Waals surface area contributed by atoms with E-state index in [9.17, 15) is 14.7 Å². The van der Waals surface area contributed by atoms with E-state index in [4.69, 9.17) is 0 Å². The second kappa shape index (κ2) is 15.3. The Balaban J connectivity index is 1.46. The molecule has 0 spiro atoms. The lowest BCUT2D eigenvalue weighted by Crippen LogP contribution is -2.41. The number of nitrogens with one attached hydrogen (secondary N) is 1. The summed E-state index contributed by atoms with van der Waals surface area (Å²) in [5.74, 6) is -0.765. The van der Waals surface area contributed by atoms with Gasteiger partial charge in [0.2, 0.25) is 0 Å². The highest BCUT2D eigenvalue weighted by atomic mass is 32.2. The molecule has 5 aromatic rings. The third-order valence-corrected chi connectivity index (χ3v) is 8.55. The molecule has 5 rings (SSSR count). The van der Waals surface area contributed by atoms with Crippen LogP contribution in [-0.4, -0.2) is 35.0 Å². The number of aliphatic carboxylic acids is 1. The van der Waals surface area contributed by atoms with Gasteiger partial charge in [-0.15, -0.1) is 0 Å². The number of carbonyl (C=O) groups is 2. The number of para-hydroxylation sites is 1. The minimum atomic E-state index is -1.03. The smallest absolute Gasteiger partial charge is 0.326 e. The zero-order valence-electron chi connectivity index (χ0n) is 25.6. The van der Waals surface area contributed by atoms with Crippen LogP contribution in [-0.2, 0) is 17.9 Å². The molecule has 1 amide bonds. The Morgan fingerprint density at radius 2 is 1.33 bits per heavy atom. The van der Waals surface area contributed by atoms with Crippen molar-refractivity contribution in [1.82, 2.24) is 5.32 Å². The summed E-state index contributed by atoms with van der Waals surface area (Å²) >= 11 is 1.56. The molecule has 1 atom stereocenters. The fourth-order valence-corrected chi connectivity index (χ4v) is 5.94. The fraction of sp³-hybridized carbons (Fsp3) is 0.179. The maximum Gasteiger partial charge on any atom is 0.326 e. The summed E-state index contributed by atoms with van der Waals surface area (Å²) in [6.45, 7) is 3.35. The van der Waals surface area contributed by atoms with Crippen molar-refractivity contribution in [2.75, 3.05) is 16.9 Å². The topological polar surface area (TPSA) is 69.6 Å². The summed E-state index contributed by atoms with van der Waals surface area (Å²) in [5, 5.41) is 12.5. The van der Waals surface area contributed by atoms with E-state index in [1.165, 1.54) is 16.7 Å². The lowest BCUT2D eigenvalue weighted by molar-refractivity contribution is -0.139. The molecule has 0 aliphatic heterocycles. The maximum atomic E-state index is 13.6. The van der Waals surface area contributed by atoms with Gasteiger partial charge in [-0.3, -0.25) is 4.79 Å². The number of nitrogens with zero attached hydrogens (tertiary/aromatic N) is 1. The van der Waals surface area contributed by atoms with Gasteiger partial charge in [-0.2, -0.15) is 11.8 Å². The monoisotopic (exact) mass is 614 g/mol. The van der Waals surface area contributed by atoms with Crippen molar-refractivity contribution in [2.45, 2.75) is 32.5 Å². The third-order valence-electron chi connectivity index (χ3n) is 7.91. The Kier molecular flexibility index (Phi) is 10.7. The molecule has 0 fully saturated rings. The van der Waals surface area contributed by atoms with Gasteiger partial charge < -0.3 is 15.3 Å². The molecule has 5 nitrogen and oxygen atoms in total. The van der Waals surface area contributed by atoms with Crippen LogP contribution in [0, 0.1) is 6.92 Å². The van der Waals surface area contributed by atoms with Crippen molar-refractivity contribution in [2.24, 2.45) is 0 Å². The van der Waals surface area contributed by atoms with Gasteiger partial charge in [0.1, 0.15) is 6.04 Å². The minimum Gasteiger partial charge on any atom is -0.480 e. The Morgan fingerprint density at radius 1 is 0.733 bits per heavy atom. The van der Waals surface area contributed by atoms with E-state index in [1.54, 1.807) is 11.8 Å². The van der Waals surface area contributed by atoms with E-state index >= 15 is 0 Å². The first-order valence-corrected chi connectivity index (χ1v) is 16.5. The van der Waals surface area contributed by atoms with Crippen molar-refractivity contribution in [1.29, 1.82) is 0 Å². The minimum absolute atomic E-state index is 0.360. The first-order valence-electron chi connectivity index (χ1n) is 15.1. The lowest BCUT2D eigenvalue weighted by atomic mass is 9.93. The zero-order valence-corrected chi connectivity index (χ0v) is 26.5. The fourth-order valence-electron chi connectivity index (χ4n) is 5.47. The quantitative estimate of drug-likeness (QED) is 0.139. The van der Waals surface area contributed by atoms with Crippen molar-refractivity contribution in [3.63, 3.8) is 0 Å². The molecule has 0 aromatic heterocycles. The largest absolute Gasteiger partial charge is 0.480 e. The number of benzene rings is 5. The normalized spacial score (nSPS) is 11.5. The van der Waals surface area contributed by atoms with Gasteiger partial charge in [-0.1, -0.05) is 103 Å². The predicted octanol–water partition coefficient (Wildman–Crippen LogP) is 8.47. The van der Waals surface area contributed by atoms with Gasteiger partial charge >= 0.3 is 5.97 Å². The third kappa shape index (κ3) is 8.22. The number of hydrogen-bond donors (Lipinski definition) is 2. The van der Waals surface area contributed by atoms with Crippen LogP contribution in [0.5, 0.6) is 0 Å². The van der Waals surface area contributed by atoms with Crippen LogP contribution < -0.4 is 10.2 Å². The van der Waals surface area contributed by atoms with Crippen LogP contribution in [0.15, 0.2) is 127 Å². The van der Waals surface area contributed by atoms with Crippen molar-refractivity contribution in [3.05, 3.63) is 150 Å². The van der Waals surface area contributed by atoms with Crippen LogP contribution in [0.1, 0.15) is 33.5 Å². The molecule has 228 valence electrons. The number of anilines is 1. The highest BCUT2D eigenvalue weighted by Crippen LogP contribution is 2.30. The second-order valence-electron chi connectivity index (χ2n) is 11.1. The summed E-state index contributed by atoms with van der Waals surface area (Å²) < 4.78 is 0. The highest BCUT2D eigenvalue weighted by Gasteiger charge is 2.23. The summed E-state index contributed by atoms with van der Waals surface area (Å²) in [7, 11) is 0. The van der Waals surface area contributed by atoms with E-state index in [1.807, 2.05) is 73.8 Å². The standard InChI is InChI=1S/C39H38N2O3S/c1-28-11-9-10-16-34(28)36-25-30(19-22-35(36)38(42)40-37(39(43)44)23-24-45-2)27-41(33-14-7-4-8-15-33)26-29-17-20-32(21-18-29)31-12-5-3-6-13-31/h3-22,25,37H,23-24,26-27H2,1-2H3,(H,40,42)(H,43,44)/t37-/m0/s1. The molecule has 0 heterocycles. The Hall–Kier alpha value is -4.81. The van der Waals surface area contributed by atoms with Crippen LogP contribution in [0.2, 0.25) is 0 Å². The predicted molar refractivity (Wildman–Crippen MR) is 187 cm³/mol. The number of carboxylic acids is 1. The van der Waals surface area contributed by atoms with Crippen LogP contribution >= 0.6 is 11.8 Å². The molecular weight excluding hydrogens is 577 g/mol. The Bertz CT molecular complexity index is 1720. The van der Waals surface area contributed by atoms with E-state index in [0.29, 0.717) is 30.8 Å². The molecule has 5 aromatic carbocycles. The number of carbonyl (C=O) groups excluding carboxylic acids is 1. The number of hydrogen-bond acceptors (Lipinski definition) is 4. The van der Waals surface area contributed by atoms with E-state index < -0.39 is 12.0 Å². The molecule has 0 saturated heterocycles. The van der Waals surface area contributed by atoms with Gasteiger partial charge in [0, 0.05) is 24.3 Å². The first kappa shape index (κ1) is 31.6. The molecule has 0 aliphatic rings. The van der Waals surface area contributed by atoms with E-state index in [2.05, 4.69) is 76.9 Å². The molecular formula is C39H38N2O3S. The molecule has 0 bridgehead atoms. The summed E-state index contributed by atoms with van der Waals surface area (Å²) in [6, 6.07) is 42.3. The van der Waals surface area contributed by atoms with Gasteiger partial charge in [0.25, 0.3) is 5.91 Å². The highest BCUT2D eigenvalue weighted by molar-refractivity contribution is 7.98. The lowest BCUT2D eigenvalue weighted by Gasteiger charge is -2.26. The van der Waals surface area contributed by atoms with Crippen molar-refractivity contribution in [3.8, 4) is 22.3 Å². The van der Waals surface area contributed by atoms with Gasteiger partial charge in [0.15, 0.2) is 0 Å².